The molecule has 0 radical (unpaired) electrons. The molecule has 12 heteroatoms. The lowest BCUT2D eigenvalue weighted by molar-refractivity contribution is -0.0675. The van der Waals surface area contributed by atoms with Gasteiger partial charge in [0.25, 0.3) is 5.92 Å². The van der Waals surface area contributed by atoms with E-state index in [4.69, 9.17) is 5.73 Å². The van der Waals surface area contributed by atoms with Crippen molar-refractivity contribution in [3.63, 3.8) is 0 Å². The van der Waals surface area contributed by atoms with Crippen LogP contribution in [0.1, 0.15) is 6.42 Å². The van der Waals surface area contributed by atoms with Crippen molar-refractivity contribution < 1.29 is 13.2 Å². The molecular formula is C18H18F3N9. The van der Waals surface area contributed by atoms with Crippen molar-refractivity contribution >= 4 is 22.9 Å². The van der Waals surface area contributed by atoms with E-state index < -0.39 is 17.8 Å². The Morgan fingerprint density at radius 1 is 1.23 bits per heavy atom. The van der Waals surface area contributed by atoms with Crippen LogP contribution in [0.2, 0.25) is 0 Å². The van der Waals surface area contributed by atoms with Crippen LogP contribution in [0.5, 0.6) is 0 Å². The summed E-state index contributed by atoms with van der Waals surface area (Å²) < 4.78 is 46.2. The largest absolute Gasteiger partial charge is 0.382 e. The van der Waals surface area contributed by atoms with Crippen LogP contribution in [0.15, 0.2) is 30.7 Å². The van der Waals surface area contributed by atoms with Crippen molar-refractivity contribution in [1.29, 1.82) is 0 Å². The molecule has 156 valence electrons. The highest BCUT2D eigenvalue weighted by atomic mass is 19.3. The number of alkyl halides is 2. The van der Waals surface area contributed by atoms with Crippen molar-refractivity contribution in [1.82, 2.24) is 34.1 Å². The summed E-state index contributed by atoms with van der Waals surface area (Å²) in [6, 6.07) is 2.17. The fourth-order valence-electron chi connectivity index (χ4n) is 3.78. The normalized spacial score (nSPS) is 19.5. The Balaban J connectivity index is 1.54. The molecule has 0 saturated carbocycles. The van der Waals surface area contributed by atoms with E-state index >= 15 is 0 Å². The van der Waals surface area contributed by atoms with Gasteiger partial charge in [-0.1, -0.05) is 0 Å². The molecule has 5 rings (SSSR count). The first-order chi connectivity index (χ1) is 14.3. The van der Waals surface area contributed by atoms with Crippen LogP contribution < -0.4 is 11.1 Å². The van der Waals surface area contributed by atoms with E-state index in [1.807, 2.05) is 0 Å². The number of nitrogen functional groups attached to an aromatic ring is 1. The highest BCUT2D eigenvalue weighted by Gasteiger charge is 2.44. The number of imidazole rings is 1. The van der Waals surface area contributed by atoms with Gasteiger partial charge in [-0.15, -0.1) is 5.10 Å². The number of likely N-dealkylation sites (tertiary alicyclic amines) is 1. The Morgan fingerprint density at radius 2 is 2.07 bits per heavy atom. The Kier molecular flexibility index (Phi) is 4.07. The van der Waals surface area contributed by atoms with Crippen LogP contribution in [-0.4, -0.2) is 66.2 Å². The van der Waals surface area contributed by atoms with Crippen LogP contribution in [0.3, 0.4) is 0 Å². The standard InChI is InChI=1S/C18H18F3N9/c1-28-6-4-12(18(20,21)9-28)24-17-25-16(22)15-14(10(19)8-30(15)27-17)11-2-3-13-23-5-7-29(13)26-11/h2-3,5,7-8,12H,4,6,9H2,1H3,(H3,22,24,25,27)/t12-/m1/s1. The van der Waals surface area contributed by atoms with Crippen LogP contribution in [0.25, 0.3) is 22.4 Å². The maximum Gasteiger partial charge on any atom is 0.280 e. The van der Waals surface area contributed by atoms with E-state index in [-0.39, 0.29) is 35.8 Å². The second-order valence-electron chi connectivity index (χ2n) is 7.40. The lowest BCUT2D eigenvalue weighted by Gasteiger charge is -2.36. The third-order valence-corrected chi connectivity index (χ3v) is 5.22. The average Bonchev–Trinajstić information content (AvgIpc) is 3.26. The maximum atomic E-state index is 14.8. The Hall–Kier alpha value is -3.41. The van der Waals surface area contributed by atoms with Gasteiger partial charge in [-0.25, -0.2) is 27.2 Å². The molecule has 1 aliphatic rings. The SMILES string of the molecule is CN1CC[C@@H](Nc2nc(N)c3c(-c4ccc5nccn5n4)c(F)cn3n2)C(F)(F)C1. The minimum atomic E-state index is -2.96. The summed E-state index contributed by atoms with van der Waals surface area (Å²) >= 11 is 0. The monoisotopic (exact) mass is 417 g/mol. The van der Waals surface area contributed by atoms with Gasteiger partial charge in [0.05, 0.1) is 30.0 Å². The molecule has 30 heavy (non-hydrogen) atoms. The van der Waals surface area contributed by atoms with Crippen LogP contribution >= 0.6 is 0 Å². The Labute approximate surface area is 168 Å². The maximum absolute atomic E-state index is 14.8. The number of halogens is 3. The zero-order valence-corrected chi connectivity index (χ0v) is 15.9. The zero-order chi connectivity index (χ0) is 21.0. The summed E-state index contributed by atoms with van der Waals surface area (Å²) in [7, 11) is 1.64. The second-order valence-corrected chi connectivity index (χ2v) is 7.40. The predicted molar refractivity (Wildman–Crippen MR) is 104 cm³/mol. The first kappa shape index (κ1) is 18.6. The van der Waals surface area contributed by atoms with Gasteiger partial charge in [-0.05, 0) is 25.6 Å². The van der Waals surface area contributed by atoms with E-state index in [1.54, 1.807) is 36.5 Å². The molecule has 3 N–H and O–H groups in total. The fourth-order valence-corrected chi connectivity index (χ4v) is 3.78. The first-order valence-electron chi connectivity index (χ1n) is 9.30. The molecule has 1 fully saturated rings. The molecular weight excluding hydrogens is 399 g/mol. The lowest BCUT2D eigenvalue weighted by Crippen LogP contribution is -2.53. The second kappa shape index (κ2) is 6.55. The van der Waals surface area contributed by atoms with Gasteiger partial charge in [0.2, 0.25) is 5.95 Å². The molecule has 9 nitrogen and oxygen atoms in total. The summed E-state index contributed by atoms with van der Waals surface area (Å²) in [5.41, 5.74) is 7.33. The summed E-state index contributed by atoms with van der Waals surface area (Å²) in [5.74, 6) is -3.70. The Bertz CT molecular complexity index is 1250. The number of nitrogens with zero attached hydrogens (tertiary/aromatic N) is 7. The number of piperidine rings is 1. The van der Waals surface area contributed by atoms with Crippen molar-refractivity contribution in [3.8, 4) is 11.3 Å². The van der Waals surface area contributed by atoms with Crippen molar-refractivity contribution in [2.75, 3.05) is 31.2 Å². The number of rotatable bonds is 3. The van der Waals surface area contributed by atoms with Crippen LogP contribution in [0, 0.1) is 5.82 Å². The number of hydrogen-bond donors (Lipinski definition) is 2. The molecule has 0 amide bonds. The number of fused-ring (bicyclic) bond motifs is 2. The smallest absolute Gasteiger partial charge is 0.280 e. The van der Waals surface area contributed by atoms with E-state index in [0.29, 0.717) is 17.9 Å². The van der Waals surface area contributed by atoms with Gasteiger partial charge in [0.15, 0.2) is 17.3 Å². The lowest BCUT2D eigenvalue weighted by atomic mass is 10.0. The van der Waals surface area contributed by atoms with Gasteiger partial charge in [0, 0.05) is 18.9 Å². The highest BCUT2D eigenvalue weighted by Crippen LogP contribution is 2.32. The third kappa shape index (κ3) is 3.00. The zero-order valence-electron chi connectivity index (χ0n) is 15.9. The fraction of sp³-hybridized carbons (Fsp3) is 0.333. The highest BCUT2D eigenvalue weighted by molar-refractivity contribution is 5.87. The predicted octanol–water partition coefficient (Wildman–Crippen LogP) is 1.91. The molecule has 0 spiro atoms. The number of aromatic nitrogens is 6. The van der Waals surface area contributed by atoms with Crippen molar-refractivity contribution in [2.45, 2.75) is 18.4 Å². The minimum absolute atomic E-state index is 0.0461. The molecule has 0 aromatic carbocycles. The van der Waals surface area contributed by atoms with E-state index in [1.165, 1.54) is 9.03 Å². The molecule has 0 aliphatic carbocycles. The van der Waals surface area contributed by atoms with Gasteiger partial charge in [0.1, 0.15) is 5.52 Å². The molecule has 4 aromatic rings. The summed E-state index contributed by atoms with van der Waals surface area (Å²) in [4.78, 5) is 9.78. The molecule has 1 aliphatic heterocycles. The minimum Gasteiger partial charge on any atom is -0.382 e. The molecule has 1 atom stereocenters. The summed E-state index contributed by atoms with van der Waals surface area (Å²) in [6.45, 7) is 0.142. The summed E-state index contributed by atoms with van der Waals surface area (Å²) in [5, 5.41) is 11.2. The van der Waals surface area contributed by atoms with Crippen molar-refractivity contribution in [3.05, 3.63) is 36.5 Å². The number of hydrogen-bond acceptors (Lipinski definition) is 7. The summed E-state index contributed by atoms with van der Waals surface area (Å²) in [6.07, 6.45) is 4.55. The van der Waals surface area contributed by atoms with Crippen LogP contribution in [-0.2, 0) is 0 Å². The number of nitrogens with two attached hydrogens (primary N) is 1. The van der Waals surface area contributed by atoms with E-state index in [2.05, 4.69) is 25.5 Å². The quantitative estimate of drug-likeness (QED) is 0.525. The number of anilines is 2. The van der Waals surface area contributed by atoms with Gasteiger partial charge >= 0.3 is 0 Å². The molecule has 0 bridgehead atoms. The topological polar surface area (TPSA) is 102 Å². The van der Waals surface area contributed by atoms with E-state index in [0.717, 1.165) is 6.20 Å². The molecule has 1 saturated heterocycles. The van der Waals surface area contributed by atoms with Gasteiger partial charge < -0.3 is 16.0 Å². The number of nitrogens with one attached hydrogen (secondary N) is 1. The Morgan fingerprint density at radius 3 is 2.87 bits per heavy atom. The molecule has 4 aromatic heterocycles. The average molecular weight is 417 g/mol. The van der Waals surface area contributed by atoms with Crippen molar-refractivity contribution in [2.24, 2.45) is 0 Å². The van der Waals surface area contributed by atoms with Gasteiger partial charge in [-0.3, -0.25) is 0 Å². The van der Waals surface area contributed by atoms with Gasteiger partial charge in [-0.2, -0.15) is 10.1 Å². The van der Waals surface area contributed by atoms with Crippen LogP contribution in [0.4, 0.5) is 24.9 Å². The molecule has 5 heterocycles. The third-order valence-electron chi connectivity index (χ3n) is 5.22. The molecule has 0 unspecified atom stereocenters. The van der Waals surface area contributed by atoms with E-state index in [9.17, 15) is 13.2 Å². The first-order valence-corrected chi connectivity index (χ1v) is 9.30.